The van der Waals surface area contributed by atoms with Crippen molar-refractivity contribution in [2.45, 2.75) is 43.7 Å². The SMILES string of the molecule is COc1cc(OC)cc(-c2nnc(S[C@@H](C)C(=O)NC(C)(C)C)o2)c1. The standard InChI is InChI=1S/C17H23N3O4S/c1-10(14(21)18-17(2,3)4)25-16-20-19-15(24-16)11-7-12(22-5)9-13(8-11)23-6/h7-10H,1-6H3,(H,18,21)/t10-/m0/s1. The molecule has 1 aromatic heterocycles. The number of nitrogens with one attached hydrogen (secondary N) is 1. The van der Waals surface area contributed by atoms with E-state index in [0.29, 0.717) is 28.2 Å². The largest absolute Gasteiger partial charge is 0.497 e. The van der Waals surface area contributed by atoms with Crippen LogP contribution in [0, 0.1) is 0 Å². The first-order chi connectivity index (χ1) is 11.7. The van der Waals surface area contributed by atoms with Crippen LogP contribution in [0.1, 0.15) is 27.7 Å². The summed E-state index contributed by atoms with van der Waals surface area (Å²) in [5.74, 6) is 1.50. The molecule has 8 heteroatoms. The molecule has 0 spiro atoms. The number of amides is 1. The van der Waals surface area contributed by atoms with E-state index in [4.69, 9.17) is 13.9 Å². The highest BCUT2D eigenvalue weighted by atomic mass is 32.2. The molecule has 2 rings (SSSR count). The number of rotatable bonds is 6. The summed E-state index contributed by atoms with van der Waals surface area (Å²) in [4.78, 5) is 12.2. The van der Waals surface area contributed by atoms with Crippen LogP contribution in [0.25, 0.3) is 11.5 Å². The van der Waals surface area contributed by atoms with Crippen LogP contribution in [0.5, 0.6) is 11.5 Å². The van der Waals surface area contributed by atoms with Crippen molar-refractivity contribution in [1.29, 1.82) is 0 Å². The Kier molecular flexibility index (Phi) is 5.94. The Morgan fingerprint density at radius 2 is 1.76 bits per heavy atom. The van der Waals surface area contributed by atoms with Gasteiger partial charge in [0.25, 0.3) is 5.22 Å². The van der Waals surface area contributed by atoms with Crippen LogP contribution in [0.15, 0.2) is 27.8 Å². The first-order valence-electron chi connectivity index (χ1n) is 7.77. The fraction of sp³-hybridized carbons (Fsp3) is 0.471. The highest BCUT2D eigenvalue weighted by molar-refractivity contribution is 8.00. The number of carbonyl (C=O) groups is 1. The summed E-state index contributed by atoms with van der Waals surface area (Å²) in [5, 5.41) is 10.9. The normalized spacial score (nSPS) is 12.6. The zero-order valence-corrected chi connectivity index (χ0v) is 16.1. The number of thioether (sulfide) groups is 1. The highest BCUT2D eigenvalue weighted by Gasteiger charge is 2.22. The third-order valence-corrected chi connectivity index (χ3v) is 4.08. The number of hydrogen-bond acceptors (Lipinski definition) is 7. The lowest BCUT2D eigenvalue weighted by molar-refractivity contribution is -0.121. The van der Waals surface area contributed by atoms with Gasteiger partial charge in [0, 0.05) is 17.2 Å². The number of nitrogens with zero attached hydrogens (tertiary/aromatic N) is 2. The van der Waals surface area contributed by atoms with Crippen molar-refractivity contribution >= 4 is 17.7 Å². The average Bonchev–Trinajstić information content (AvgIpc) is 3.01. The average molecular weight is 365 g/mol. The molecular formula is C17H23N3O4S. The van der Waals surface area contributed by atoms with Crippen molar-refractivity contribution in [1.82, 2.24) is 15.5 Å². The third kappa shape index (κ3) is 5.38. The van der Waals surface area contributed by atoms with E-state index >= 15 is 0 Å². The monoisotopic (exact) mass is 365 g/mol. The minimum Gasteiger partial charge on any atom is -0.497 e. The topological polar surface area (TPSA) is 86.5 Å². The molecule has 0 saturated carbocycles. The molecule has 0 bridgehead atoms. The van der Waals surface area contributed by atoms with E-state index in [1.807, 2.05) is 20.8 Å². The Bertz CT molecular complexity index is 717. The fourth-order valence-corrected chi connectivity index (χ4v) is 2.66. The van der Waals surface area contributed by atoms with Crippen molar-refractivity contribution in [3.63, 3.8) is 0 Å². The summed E-state index contributed by atoms with van der Waals surface area (Å²) in [6.45, 7) is 7.60. The van der Waals surface area contributed by atoms with Gasteiger partial charge in [-0.3, -0.25) is 4.79 Å². The van der Waals surface area contributed by atoms with Gasteiger partial charge < -0.3 is 19.2 Å². The van der Waals surface area contributed by atoms with Crippen LogP contribution in [0.2, 0.25) is 0 Å². The summed E-state index contributed by atoms with van der Waals surface area (Å²) in [6, 6.07) is 5.31. The second-order valence-electron chi connectivity index (χ2n) is 6.47. The summed E-state index contributed by atoms with van der Waals surface area (Å²) in [7, 11) is 3.15. The predicted octanol–water partition coefficient (Wildman–Crippen LogP) is 3.15. The molecule has 136 valence electrons. The number of benzene rings is 1. The molecule has 1 aromatic carbocycles. The van der Waals surface area contributed by atoms with Gasteiger partial charge in [-0.05, 0) is 39.8 Å². The Morgan fingerprint density at radius 1 is 1.16 bits per heavy atom. The Morgan fingerprint density at radius 3 is 2.28 bits per heavy atom. The Hall–Kier alpha value is -2.22. The number of carbonyl (C=O) groups excluding carboxylic acids is 1. The molecule has 7 nitrogen and oxygen atoms in total. The predicted molar refractivity (Wildman–Crippen MR) is 96.1 cm³/mol. The van der Waals surface area contributed by atoms with E-state index in [-0.39, 0.29) is 16.7 Å². The number of methoxy groups -OCH3 is 2. The third-order valence-electron chi connectivity index (χ3n) is 3.15. The fourth-order valence-electron chi connectivity index (χ4n) is 1.98. The van der Waals surface area contributed by atoms with Crippen molar-refractivity contribution in [2.75, 3.05) is 14.2 Å². The molecule has 1 N–H and O–H groups in total. The van der Waals surface area contributed by atoms with E-state index < -0.39 is 0 Å². The van der Waals surface area contributed by atoms with Crippen LogP contribution in [0.3, 0.4) is 0 Å². The van der Waals surface area contributed by atoms with Gasteiger partial charge in [-0.2, -0.15) is 0 Å². The Balaban J connectivity index is 2.13. The van der Waals surface area contributed by atoms with E-state index in [1.165, 1.54) is 11.8 Å². The molecule has 25 heavy (non-hydrogen) atoms. The highest BCUT2D eigenvalue weighted by Crippen LogP contribution is 2.31. The van der Waals surface area contributed by atoms with Gasteiger partial charge in [-0.25, -0.2) is 0 Å². The second-order valence-corrected chi connectivity index (χ2v) is 7.77. The van der Waals surface area contributed by atoms with Gasteiger partial charge in [0.15, 0.2) is 0 Å². The van der Waals surface area contributed by atoms with E-state index in [1.54, 1.807) is 39.3 Å². The number of ether oxygens (including phenoxy) is 2. The zero-order chi connectivity index (χ0) is 18.6. The van der Waals surface area contributed by atoms with Crippen LogP contribution < -0.4 is 14.8 Å². The van der Waals surface area contributed by atoms with Crippen LogP contribution in [-0.2, 0) is 4.79 Å². The quantitative estimate of drug-likeness (QED) is 0.787. The zero-order valence-electron chi connectivity index (χ0n) is 15.2. The van der Waals surface area contributed by atoms with Gasteiger partial charge in [-0.15, -0.1) is 10.2 Å². The van der Waals surface area contributed by atoms with Crippen molar-refractivity contribution < 1.29 is 18.7 Å². The van der Waals surface area contributed by atoms with E-state index in [9.17, 15) is 4.79 Å². The summed E-state index contributed by atoms with van der Waals surface area (Å²) in [6.07, 6.45) is 0. The molecule has 0 unspecified atom stereocenters. The molecule has 0 radical (unpaired) electrons. The van der Waals surface area contributed by atoms with Gasteiger partial charge >= 0.3 is 0 Å². The molecule has 2 aromatic rings. The molecule has 1 atom stereocenters. The maximum Gasteiger partial charge on any atom is 0.277 e. The molecule has 0 aliphatic rings. The van der Waals surface area contributed by atoms with E-state index in [0.717, 1.165) is 0 Å². The number of aromatic nitrogens is 2. The lowest BCUT2D eigenvalue weighted by atomic mass is 10.1. The van der Waals surface area contributed by atoms with Crippen molar-refractivity contribution in [2.24, 2.45) is 0 Å². The molecule has 0 saturated heterocycles. The lowest BCUT2D eigenvalue weighted by Gasteiger charge is -2.22. The van der Waals surface area contributed by atoms with Gasteiger partial charge in [-0.1, -0.05) is 11.8 Å². The lowest BCUT2D eigenvalue weighted by Crippen LogP contribution is -2.44. The summed E-state index contributed by atoms with van der Waals surface area (Å²) in [5.41, 5.74) is 0.394. The molecule has 1 heterocycles. The van der Waals surface area contributed by atoms with Crippen molar-refractivity contribution in [3.8, 4) is 23.0 Å². The number of hydrogen-bond donors (Lipinski definition) is 1. The first-order valence-corrected chi connectivity index (χ1v) is 8.65. The molecule has 0 aliphatic heterocycles. The molecular weight excluding hydrogens is 342 g/mol. The summed E-state index contributed by atoms with van der Waals surface area (Å²) >= 11 is 1.21. The van der Waals surface area contributed by atoms with Gasteiger partial charge in [0.05, 0.1) is 19.5 Å². The smallest absolute Gasteiger partial charge is 0.277 e. The Labute approximate surface area is 151 Å². The van der Waals surface area contributed by atoms with Crippen LogP contribution in [-0.4, -0.2) is 41.1 Å². The minimum atomic E-state index is -0.354. The summed E-state index contributed by atoms with van der Waals surface area (Å²) < 4.78 is 16.1. The molecule has 0 aliphatic carbocycles. The first kappa shape index (κ1) is 19.1. The molecule has 1 amide bonds. The van der Waals surface area contributed by atoms with Crippen LogP contribution in [0.4, 0.5) is 0 Å². The maximum absolute atomic E-state index is 12.2. The van der Waals surface area contributed by atoms with E-state index in [2.05, 4.69) is 15.5 Å². The van der Waals surface area contributed by atoms with Gasteiger partial charge in [0.2, 0.25) is 11.8 Å². The van der Waals surface area contributed by atoms with Gasteiger partial charge in [0.1, 0.15) is 11.5 Å². The second kappa shape index (κ2) is 7.77. The van der Waals surface area contributed by atoms with Crippen LogP contribution >= 0.6 is 11.8 Å². The van der Waals surface area contributed by atoms with Crippen molar-refractivity contribution in [3.05, 3.63) is 18.2 Å². The maximum atomic E-state index is 12.2. The molecule has 0 fully saturated rings. The minimum absolute atomic E-state index is 0.0831.